The molecule has 0 aliphatic carbocycles. The number of allylic oxidation sites excluding steroid dienone is 4. The van der Waals surface area contributed by atoms with Crippen LogP contribution in [-0.4, -0.2) is 6.10 Å². The van der Waals surface area contributed by atoms with E-state index in [0.29, 0.717) is 6.10 Å². The van der Waals surface area contributed by atoms with Crippen molar-refractivity contribution in [3.8, 4) is 0 Å². The molecule has 0 amide bonds. The average molecular weight is 192 g/mol. The number of rotatable bonds is 2. The minimum Gasteiger partial charge on any atom is -0.490 e. The molecule has 0 N–H and O–H groups in total. The molecule has 0 bridgehead atoms. The van der Waals surface area contributed by atoms with Crippen LogP contribution in [0.2, 0.25) is 0 Å². The van der Waals surface area contributed by atoms with E-state index >= 15 is 0 Å². The Balaban J connectivity index is 0.000000791. The Bertz CT molecular complexity index is 236. The van der Waals surface area contributed by atoms with Gasteiger partial charge in [-0.25, -0.2) is 0 Å². The monoisotopic (exact) mass is 192 g/mol. The van der Waals surface area contributed by atoms with Crippen LogP contribution in [0.3, 0.4) is 0 Å². The summed E-state index contributed by atoms with van der Waals surface area (Å²) in [4.78, 5) is 0. The van der Waals surface area contributed by atoms with Gasteiger partial charge >= 0.3 is 0 Å². The molecule has 0 radical (unpaired) electrons. The number of hydrogen-bond acceptors (Lipinski definition) is 1. The van der Waals surface area contributed by atoms with Gasteiger partial charge in [0.15, 0.2) is 0 Å². The van der Waals surface area contributed by atoms with Gasteiger partial charge in [-0.05, 0) is 38.3 Å². The zero-order valence-electron chi connectivity index (χ0n) is 9.25. The molecular weight excluding hydrogens is 172 g/mol. The highest BCUT2D eigenvalue weighted by molar-refractivity contribution is 5.29. The van der Waals surface area contributed by atoms with Crippen LogP contribution in [0.4, 0.5) is 0 Å². The second kappa shape index (κ2) is 7.19. The van der Waals surface area contributed by atoms with Crippen molar-refractivity contribution in [2.45, 2.75) is 32.8 Å². The Kier molecular flexibility index (Phi) is 6.55. The molecule has 0 saturated carbocycles. The summed E-state index contributed by atoms with van der Waals surface area (Å²) in [5.74, 6) is 0.951. The fourth-order valence-corrected chi connectivity index (χ4v) is 1.38. The Morgan fingerprint density at radius 3 is 2.57 bits per heavy atom. The molecule has 1 atom stereocenters. The maximum absolute atomic E-state index is 5.61. The normalized spacial score (nSPS) is 21.1. The van der Waals surface area contributed by atoms with Gasteiger partial charge in [0.05, 0.1) is 6.10 Å². The lowest BCUT2D eigenvalue weighted by atomic mass is 10.0. The number of ether oxygens (including phenoxy) is 1. The smallest absolute Gasteiger partial charge is 0.122 e. The number of hydrogen-bond donors (Lipinski definition) is 0. The quantitative estimate of drug-likeness (QED) is 0.601. The second-order valence-corrected chi connectivity index (χ2v) is 3.06. The summed E-state index contributed by atoms with van der Waals surface area (Å²) in [6.07, 6.45) is 8.49. The van der Waals surface area contributed by atoms with Gasteiger partial charge < -0.3 is 4.74 Å². The van der Waals surface area contributed by atoms with E-state index in [1.54, 1.807) is 6.08 Å². The van der Waals surface area contributed by atoms with Crippen LogP contribution < -0.4 is 0 Å². The second-order valence-electron chi connectivity index (χ2n) is 3.06. The molecule has 1 heteroatoms. The molecule has 1 rings (SSSR count). The first-order chi connectivity index (χ1) is 6.77. The highest BCUT2D eigenvalue weighted by Gasteiger charge is 2.14. The van der Waals surface area contributed by atoms with Crippen molar-refractivity contribution in [2.75, 3.05) is 0 Å². The van der Waals surface area contributed by atoms with Gasteiger partial charge in [-0.2, -0.15) is 0 Å². The van der Waals surface area contributed by atoms with Gasteiger partial charge in [0, 0.05) is 0 Å². The lowest BCUT2D eigenvalue weighted by Gasteiger charge is -2.23. The molecule has 78 valence electrons. The van der Waals surface area contributed by atoms with Crippen LogP contribution in [-0.2, 0) is 4.74 Å². The summed E-state index contributed by atoms with van der Waals surface area (Å²) in [5, 5.41) is 0. The first-order valence-electron chi connectivity index (χ1n) is 4.93. The van der Waals surface area contributed by atoms with Gasteiger partial charge in [-0.15, -0.1) is 13.2 Å². The molecule has 14 heavy (non-hydrogen) atoms. The maximum Gasteiger partial charge on any atom is 0.122 e. The SMILES string of the molecule is C=C.C=CC1=C(/C=C\C)CC[C@@H](C)O1. The van der Waals surface area contributed by atoms with E-state index in [-0.39, 0.29) is 0 Å². The van der Waals surface area contributed by atoms with Crippen molar-refractivity contribution >= 4 is 0 Å². The van der Waals surface area contributed by atoms with Crippen molar-refractivity contribution in [1.82, 2.24) is 0 Å². The lowest BCUT2D eigenvalue weighted by Crippen LogP contribution is -2.13. The Hall–Kier alpha value is -1.24. The van der Waals surface area contributed by atoms with Crippen LogP contribution in [0.1, 0.15) is 26.7 Å². The van der Waals surface area contributed by atoms with Gasteiger partial charge in [0.2, 0.25) is 0 Å². The van der Waals surface area contributed by atoms with E-state index in [1.165, 1.54) is 5.57 Å². The summed E-state index contributed by atoms with van der Waals surface area (Å²) in [7, 11) is 0. The van der Waals surface area contributed by atoms with Crippen molar-refractivity contribution in [3.63, 3.8) is 0 Å². The predicted octanol–water partition coefficient (Wildman–Crippen LogP) is 4.00. The minimum atomic E-state index is 0.340. The van der Waals surface area contributed by atoms with Crippen LogP contribution in [0.15, 0.2) is 49.3 Å². The van der Waals surface area contributed by atoms with E-state index in [2.05, 4.69) is 32.7 Å². The summed E-state index contributed by atoms with van der Waals surface area (Å²) in [6.45, 7) is 13.8. The minimum absolute atomic E-state index is 0.340. The summed E-state index contributed by atoms with van der Waals surface area (Å²) in [5.41, 5.74) is 1.27. The zero-order valence-corrected chi connectivity index (χ0v) is 9.25. The van der Waals surface area contributed by atoms with Gasteiger partial charge in [-0.1, -0.05) is 18.7 Å². The third-order valence-electron chi connectivity index (χ3n) is 2.02. The molecule has 0 unspecified atom stereocenters. The standard InChI is InChI=1S/C11H16O.C2H4/c1-4-6-10-8-7-9(3)12-11(10)5-2;1-2/h4-6,9H,2,7-8H2,1,3H3;1-2H2/b6-4-;/t9-;/m1./s1. The van der Waals surface area contributed by atoms with Crippen LogP contribution in [0, 0.1) is 0 Å². The fraction of sp³-hybridized carbons (Fsp3) is 0.385. The molecule has 1 heterocycles. The summed E-state index contributed by atoms with van der Waals surface area (Å²) >= 11 is 0. The molecule has 1 nitrogen and oxygen atoms in total. The van der Waals surface area contributed by atoms with E-state index in [4.69, 9.17) is 4.74 Å². The van der Waals surface area contributed by atoms with Crippen LogP contribution in [0.25, 0.3) is 0 Å². The topological polar surface area (TPSA) is 9.23 Å². The molecule has 0 aromatic heterocycles. The Morgan fingerprint density at radius 1 is 1.43 bits per heavy atom. The van der Waals surface area contributed by atoms with E-state index in [9.17, 15) is 0 Å². The highest BCUT2D eigenvalue weighted by Crippen LogP contribution is 2.24. The fourth-order valence-electron chi connectivity index (χ4n) is 1.38. The molecule has 0 saturated heterocycles. The molecule has 0 aromatic rings. The van der Waals surface area contributed by atoms with Crippen molar-refractivity contribution in [3.05, 3.63) is 49.3 Å². The van der Waals surface area contributed by atoms with Crippen LogP contribution >= 0.6 is 0 Å². The van der Waals surface area contributed by atoms with E-state index in [0.717, 1.165) is 18.6 Å². The van der Waals surface area contributed by atoms with Crippen molar-refractivity contribution < 1.29 is 4.74 Å². The molecule has 0 spiro atoms. The largest absolute Gasteiger partial charge is 0.490 e. The zero-order chi connectivity index (χ0) is 11.0. The maximum atomic E-state index is 5.61. The van der Waals surface area contributed by atoms with Crippen LogP contribution in [0.5, 0.6) is 0 Å². The van der Waals surface area contributed by atoms with Crippen molar-refractivity contribution in [1.29, 1.82) is 0 Å². The van der Waals surface area contributed by atoms with E-state index < -0.39 is 0 Å². The molecule has 1 aliphatic rings. The molecule has 1 aliphatic heterocycles. The van der Waals surface area contributed by atoms with Gasteiger partial charge in [-0.3, -0.25) is 0 Å². The first kappa shape index (κ1) is 12.8. The summed E-state index contributed by atoms with van der Waals surface area (Å²) < 4.78 is 5.61. The molecule has 0 aromatic carbocycles. The van der Waals surface area contributed by atoms with Gasteiger partial charge in [0.1, 0.15) is 5.76 Å². The van der Waals surface area contributed by atoms with Gasteiger partial charge in [0.25, 0.3) is 0 Å². The summed E-state index contributed by atoms with van der Waals surface area (Å²) in [6, 6.07) is 0. The molecule has 0 fully saturated rings. The predicted molar refractivity (Wildman–Crippen MR) is 63.1 cm³/mol. The molecular formula is C13H20O. The van der Waals surface area contributed by atoms with E-state index in [1.807, 2.05) is 13.0 Å². The Morgan fingerprint density at radius 2 is 2.07 bits per heavy atom. The Labute approximate surface area is 87.5 Å². The lowest BCUT2D eigenvalue weighted by molar-refractivity contribution is 0.117. The third kappa shape index (κ3) is 3.65. The van der Waals surface area contributed by atoms with Crippen molar-refractivity contribution in [2.24, 2.45) is 0 Å². The highest BCUT2D eigenvalue weighted by atomic mass is 16.5. The first-order valence-corrected chi connectivity index (χ1v) is 4.93. The third-order valence-corrected chi connectivity index (χ3v) is 2.02. The average Bonchev–Trinajstić information content (AvgIpc) is 2.24.